The topological polar surface area (TPSA) is 38.0 Å². The van der Waals surface area contributed by atoms with Crippen molar-refractivity contribution in [2.45, 2.75) is 50.2 Å². The summed E-state index contributed by atoms with van der Waals surface area (Å²) in [5.41, 5.74) is 0.494. The van der Waals surface area contributed by atoms with Crippen LogP contribution in [0.5, 0.6) is 0 Å². The van der Waals surface area contributed by atoms with E-state index in [1.807, 2.05) is 30.7 Å². The van der Waals surface area contributed by atoms with Gasteiger partial charge in [0.25, 0.3) is 0 Å². The SMILES string of the molecule is OC1(C(c2ccccc2)n2ccnc2)CCCCCC1. The zero-order valence-electron chi connectivity index (χ0n) is 11.8. The maximum Gasteiger partial charge on any atom is 0.0952 e. The minimum atomic E-state index is -0.668. The summed E-state index contributed by atoms with van der Waals surface area (Å²) < 4.78 is 2.06. The van der Waals surface area contributed by atoms with Gasteiger partial charge in [-0.05, 0) is 18.4 Å². The number of hydrogen-bond acceptors (Lipinski definition) is 2. The van der Waals surface area contributed by atoms with Gasteiger partial charge >= 0.3 is 0 Å². The molecule has 3 rings (SSSR count). The molecular formula is C17H22N2O. The van der Waals surface area contributed by atoms with Gasteiger partial charge in [-0.25, -0.2) is 4.98 Å². The molecule has 0 radical (unpaired) electrons. The number of nitrogens with zero attached hydrogens (tertiary/aromatic N) is 2. The molecule has 3 nitrogen and oxygen atoms in total. The first-order valence-electron chi connectivity index (χ1n) is 7.54. The Morgan fingerprint density at radius 2 is 1.75 bits per heavy atom. The third kappa shape index (κ3) is 2.63. The first kappa shape index (κ1) is 13.4. The Kier molecular flexibility index (Phi) is 3.88. The molecule has 1 aliphatic carbocycles. The van der Waals surface area contributed by atoms with E-state index in [0.717, 1.165) is 31.2 Å². The molecule has 1 aromatic heterocycles. The zero-order valence-corrected chi connectivity index (χ0v) is 11.8. The normalized spacial score (nSPS) is 20.2. The van der Waals surface area contributed by atoms with Gasteiger partial charge in [-0.3, -0.25) is 0 Å². The van der Waals surface area contributed by atoms with Crippen LogP contribution in [0.1, 0.15) is 50.1 Å². The van der Waals surface area contributed by atoms with E-state index in [-0.39, 0.29) is 6.04 Å². The molecule has 1 saturated carbocycles. The van der Waals surface area contributed by atoms with E-state index in [1.54, 1.807) is 6.20 Å². The van der Waals surface area contributed by atoms with Crippen molar-refractivity contribution in [1.82, 2.24) is 9.55 Å². The van der Waals surface area contributed by atoms with E-state index in [9.17, 15) is 5.11 Å². The fraction of sp³-hybridized carbons (Fsp3) is 0.471. The van der Waals surface area contributed by atoms with Crippen LogP contribution in [0, 0.1) is 0 Å². The lowest BCUT2D eigenvalue weighted by atomic mass is 9.82. The summed E-state index contributed by atoms with van der Waals surface area (Å²) in [6.07, 6.45) is 12.0. The van der Waals surface area contributed by atoms with Crippen molar-refractivity contribution in [2.24, 2.45) is 0 Å². The molecular weight excluding hydrogens is 248 g/mol. The summed E-state index contributed by atoms with van der Waals surface area (Å²) in [6, 6.07) is 10.3. The van der Waals surface area contributed by atoms with Gasteiger partial charge in [-0.15, -0.1) is 0 Å². The Hall–Kier alpha value is -1.61. The molecule has 0 spiro atoms. The molecule has 2 aromatic rings. The molecule has 20 heavy (non-hydrogen) atoms. The lowest BCUT2D eigenvalue weighted by Gasteiger charge is -2.36. The standard InChI is InChI=1S/C17H22N2O/c20-17(10-6-1-2-7-11-17)16(19-13-12-18-14-19)15-8-4-3-5-9-15/h3-5,8-9,12-14,16,20H,1-2,6-7,10-11H2. The number of hydrogen-bond donors (Lipinski definition) is 1. The van der Waals surface area contributed by atoms with Gasteiger partial charge in [-0.2, -0.15) is 0 Å². The largest absolute Gasteiger partial charge is 0.387 e. The van der Waals surface area contributed by atoms with Crippen LogP contribution in [0.25, 0.3) is 0 Å². The number of imidazole rings is 1. The molecule has 0 bridgehead atoms. The fourth-order valence-corrected chi connectivity index (χ4v) is 3.43. The molecule has 1 fully saturated rings. The van der Waals surface area contributed by atoms with Gasteiger partial charge in [0.1, 0.15) is 0 Å². The average Bonchev–Trinajstić information content (AvgIpc) is 2.89. The van der Waals surface area contributed by atoms with E-state index in [2.05, 4.69) is 21.7 Å². The lowest BCUT2D eigenvalue weighted by molar-refractivity contribution is -0.0121. The second-order valence-corrected chi connectivity index (χ2v) is 5.84. The molecule has 0 saturated heterocycles. The molecule has 0 amide bonds. The predicted molar refractivity (Wildman–Crippen MR) is 79.5 cm³/mol. The lowest BCUT2D eigenvalue weighted by Crippen LogP contribution is -2.39. The minimum Gasteiger partial charge on any atom is -0.387 e. The molecule has 1 atom stereocenters. The summed E-state index contributed by atoms with van der Waals surface area (Å²) in [5.74, 6) is 0. The van der Waals surface area contributed by atoms with Crippen molar-refractivity contribution in [3.63, 3.8) is 0 Å². The van der Waals surface area contributed by atoms with Crippen LogP contribution in [0.15, 0.2) is 49.1 Å². The van der Waals surface area contributed by atoms with Crippen molar-refractivity contribution in [3.05, 3.63) is 54.6 Å². The number of rotatable bonds is 3. The smallest absolute Gasteiger partial charge is 0.0952 e. The van der Waals surface area contributed by atoms with Crippen LogP contribution in [-0.2, 0) is 0 Å². The van der Waals surface area contributed by atoms with Crippen LogP contribution in [0.2, 0.25) is 0 Å². The molecule has 1 heterocycles. The van der Waals surface area contributed by atoms with Gasteiger partial charge in [0.15, 0.2) is 0 Å². The Morgan fingerprint density at radius 3 is 2.35 bits per heavy atom. The van der Waals surface area contributed by atoms with Crippen LogP contribution >= 0.6 is 0 Å². The Labute approximate surface area is 120 Å². The van der Waals surface area contributed by atoms with Crippen LogP contribution in [-0.4, -0.2) is 20.3 Å². The Bertz CT molecular complexity index is 513. The summed E-state index contributed by atoms with van der Waals surface area (Å²) in [7, 11) is 0. The average molecular weight is 270 g/mol. The maximum atomic E-state index is 11.3. The number of benzene rings is 1. The molecule has 3 heteroatoms. The molecule has 1 unspecified atom stereocenters. The van der Waals surface area contributed by atoms with E-state index in [4.69, 9.17) is 0 Å². The van der Waals surface area contributed by atoms with E-state index >= 15 is 0 Å². The third-order valence-electron chi connectivity index (χ3n) is 4.42. The summed E-state index contributed by atoms with van der Waals surface area (Å²) in [6.45, 7) is 0. The maximum absolute atomic E-state index is 11.3. The van der Waals surface area contributed by atoms with Gasteiger partial charge in [0.2, 0.25) is 0 Å². The van der Waals surface area contributed by atoms with Crippen molar-refractivity contribution < 1.29 is 5.11 Å². The Morgan fingerprint density at radius 1 is 1.05 bits per heavy atom. The van der Waals surface area contributed by atoms with Gasteiger partial charge in [-0.1, -0.05) is 56.0 Å². The number of aromatic nitrogens is 2. The third-order valence-corrected chi connectivity index (χ3v) is 4.42. The summed E-state index contributed by atoms with van der Waals surface area (Å²) in [5, 5.41) is 11.3. The second kappa shape index (κ2) is 5.80. The van der Waals surface area contributed by atoms with Crippen LogP contribution < -0.4 is 0 Å². The molecule has 1 aromatic carbocycles. The second-order valence-electron chi connectivity index (χ2n) is 5.84. The molecule has 1 N–H and O–H groups in total. The monoisotopic (exact) mass is 270 g/mol. The van der Waals surface area contributed by atoms with Crippen LogP contribution in [0.4, 0.5) is 0 Å². The fourth-order valence-electron chi connectivity index (χ4n) is 3.43. The van der Waals surface area contributed by atoms with E-state index in [0.29, 0.717) is 0 Å². The highest BCUT2D eigenvalue weighted by molar-refractivity contribution is 5.23. The van der Waals surface area contributed by atoms with Gasteiger partial charge in [0.05, 0.1) is 18.0 Å². The van der Waals surface area contributed by atoms with Crippen molar-refractivity contribution in [1.29, 1.82) is 0 Å². The number of aliphatic hydroxyl groups is 1. The van der Waals surface area contributed by atoms with Crippen molar-refractivity contribution >= 4 is 0 Å². The first-order chi connectivity index (χ1) is 9.80. The van der Waals surface area contributed by atoms with Gasteiger partial charge in [0, 0.05) is 12.4 Å². The minimum absolute atomic E-state index is 0.0377. The zero-order chi connectivity index (χ0) is 13.8. The van der Waals surface area contributed by atoms with E-state index < -0.39 is 5.60 Å². The highest BCUT2D eigenvalue weighted by Crippen LogP contribution is 2.39. The first-order valence-corrected chi connectivity index (χ1v) is 7.54. The van der Waals surface area contributed by atoms with E-state index in [1.165, 1.54) is 12.8 Å². The summed E-state index contributed by atoms with van der Waals surface area (Å²) in [4.78, 5) is 4.17. The van der Waals surface area contributed by atoms with Crippen LogP contribution in [0.3, 0.4) is 0 Å². The summed E-state index contributed by atoms with van der Waals surface area (Å²) >= 11 is 0. The molecule has 1 aliphatic rings. The highest BCUT2D eigenvalue weighted by Gasteiger charge is 2.38. The van der Waals surface area contributed by atoms with Gasteiger partial charge < -0.3 is 9.67 Å². The van der Waals surface area contributed by atoms with Crippen molar-refractivity contribution in [3.8, 4) is 0 Å². The Balaban J connectivity index is 2.01. The molecule has 0 aliphatic heterocycles. The molecule has 106 valence electrons. The quantitative estimate of drug-likeness (QED) is 0.866. The predicted octanol–water partition coefficient (Wildman–Crippen LogP) is 3.56. The van der Waals surface area contributed by atoms with Crippen molar-refractivity contribution in [2.75, 3.05) is 0 Å². The highest BCUT2D eigenvalue weighted by atomic mass is 16.3.